The van der Waals surface area contributed by atoms with Gasteiger partial charge in [0.05, 0.1) is 0 Å². The maximum atomic E-state index is 10.3. The normalized spacial score (nSPS) is 20.6. The Morgan fingerprint density at radius 3 is 2.45 bits per heavy atom. The minimum atomic E-state index is 0. The van der Waals surface area contributed by atoms with Gasteiger partial charge in [-0.25, -0.2) is 0 Å². The van der Waals surface area contributed by atoms with Crippen molar-refractivity contribution in [1.82, 2.24) is 10.2 Å². The lowest BCUT2D eigenvalue weighted by atomic mass is 9.97. The van der Waals surface area contributed by atoms with Gasteiger partial charge in [0.15, 0.2) is 0 Å². The monoisotopic (exact) mass is 318 g/mol. The highest BCUT2D eigenvalue weighted by molar-refractivity contribution is 5.85. The fourth-order valence-electron chi connectivity index (χ4n) is 3.04. The Bertz CT molecular complexity index is 432. The highest BCUT2D eigenvalue weighted by Gasteiger charge is 2.38. The highest BCUT2D eigenvalue weighted by atomic mass is 35.5. The molecule has 1 aliphatic heterocycles. The second-order valence-electron chi connectivity index (χ2n) is 5.58. The fourth-order valence-corrected chi connectivity index (χ4v) is 3.04. The topological polar surface area (TPSA) is 35.5 Å². The van der Waals surface area contributed by atoms with Crippen LogP contribution in [0.1, 0.15) is 30.0 Å². The predicted molar refractivity (Wildman–Crippen MR) is 87.2 cm³/mol. The van der Waals surface area contributed by atoms with E-state index in [9.17, 15) is 5.11 Å². The molecule has 0 radical (unpaired) electrons. The minimum Gasteiger partial charge on any atom is -0.507 e. The fraction of sp³-hybridized carbons (Fsp3) is 0.600. The molecular formula is C15H24Cl2N2O. The van der Waals surface area contributed by atoms with E-state index in [0.717, 1.165) is 43.2 Å². The van der Waals surface area contributed by atoms with Gasteiger partial charge in [-0.05, 0) is 31.2 Å². The van der Waals surface area contributed by atoms with E-state index in [-0.39, 0.29) is 24.8 Å². The molecule has 2 N–H and O–H groups in total. The van der Waals surface area contributed by atoms with Crippen molar-refractivity contribution in [1.29, 1.82) is 0 Å². The lowest BCUT2D eigenvalue weighted by Crippen LogP contribution is -2.45. The molecule has 1 aliphatic carbocycles. The highest BCUT2D eigenvalue weighted by Crippen LogP contribution is 2.47. The number of phenols is 1. The minimum absolute atomic E-state index is 0. The first-order valence-electron chi connectivity index (χ1n) is 7.00. The standard InChI is InChI=1S/C15H22N2O.2ClH/c1-11-3-2-4-13(15(11)18)14(12-5-6-12)17-9-7-16-8-10-17;;/h2-4,12,14,16,18H,5-10H2,1H3;2*1H/t14-;;/m0../s1. The zero-order chi connectivity index (χ0) is 12.5. The number of phenolic OH excluding ortho intramolecular Hbond substituents is 1. The lowest BCUT2D eigenvalue weighted by Gasteiger charge is -2.36. The molecule has 1 saturated heterocycles. The van der Waals surface area contributed by atoms with E-state index in [2.05, 4.69) is 22.3 Å². The van der Waals surface area contributed by atoms with E-state index in [1.165, 1.54) is 12.8 Å². The summed E-state index contributed by atoms with van der Waals surface area (Å²) in [6.07, 6.45) is 2.62. The second-order valence-corrected chi connectivity index (χ2v) is 5.58. The van der Waals surface area contributed by atoms with Gasteiger partial charge >= 0.3 is 0 Å². The number of piperazine rings is 1. The van der Waals surface area contributed by atoms with E-state index in [4.69, 9.17) is 0 Å². The molecule has 5 heteroatoms. The van der Waals surface area contributed by atoms with Gasteiger partial charge in [0.1, 0.15) is 5.75 Å². The molecule has 0 spiro atoms. The van der Waals surface area contributed by atoms with Crippen LogP contribution in [-0.2, 0) is 0 Å². The third-order valence-corrected chi connectivity index (χ3v) is 4.20. The number of nitrogens with one attached hydrogen (secondary N) is 1. The second kappa shape index (κ2) is 7.51. The van der Waals surface area contributed by atoms with Crippen LogP contribution in [0.5, 0.6) is 5.75 Å². The summed E-state index contributed by atoms with van der Waals surface area (Å²) in [6.45, 7) is 6.30. The van der Waals surface area contributed by atoms with E-state index in [1.54, 1.807) is 0 Å². The molecule has 2 aliphatic rings. The van der Waals surface area contributed by atoms with Crippen LogP contribution >= 0.6 is 24.8 Å². The Labute approximate surface area is 133 Å². The van der Waals surface area contributed by atoms with Crippen LogP contribution < -0.4 is 5.32 Å². The molecule has 0 unspecified atom stereocenters. The Kier molecular flexibility index (Phi) is 6.59. The number of para-hydroxylation sites is 1. The summed E-state index contributed by atoms with van der Waals surface area (Å²) in [5.74, 6) is 1.25. The first kappa shape index (κ1) is 17.6. The number of aryl methyl sites for hydroxylation is 1. The third kappa shape index (κ3) is 3.59. The predicted octanol–water partition coefficient (Wildman–Crippen LogP) is 2.90. The maximum Gasteiger partial charge on any atom is 0.123 e. The number of rotatable bonds is 3. The van der Waals surface area contributed by atoms with Gasteiger partial charge in [0.2, 0.25) is 0 Å². The number of nitrogens with zero attached hydrogens (tertiary/aromatic N) is 1. The molecule has 2 fully saturated rings. The summed E-state index contributed by atoms with van der Waals surface area (Å²) in [7, 11) is 0. The number of hydrogen-bond donors (Lipinski definition) is 2. The number of aromatic hydroxyl groups is 1. The molecule has 114 valence electrons. The molecule has 0 amide bonds. The summed E-state index contributed by atoms with van der Waals surface area (Å²) in [5, 5.41) is 13.7. The molecule has 3 nitrogen and oxygen atoms in total. The zero-order valence-corrected chi connectivity index (χ0v) is 13.5. The SMILES string of the molecule is Cc1cccc([C@H](C2CC2)N2CCNCC2)c1O.Cl.Cl. The quantitative estimate of drug-likeness (QED) is 0.899. The summed E-state index contributed by atoms with van der Waals surface area (Å²) < 4.78 is 0. The smallest absolute Gasteiger partial charge is 0.123 e. The van der Waals surface area contributed by atoms with Crippen molar-refractivity contribution in [2.24, 2.45) is 5.92 Å². The number of halogens is 2. The molecule has 1 aromatic rings. The van der Waals surface area contributed by atoms with Crippen LogP contribution in [0.3, 0.4) is 0 Å². The Balaban J connectivity index is 0.000001000. The van der Waals surface area contributed by atoms with Crippen molar-refractivity contribution < 1.29 is 5.11 Å². The van der Waals surface area contributed by atoms with Crippen molar-refractivity contribution >= 4 is 24.8 Å². The van der Waals surface area contributed by atoms with E-state index in [1.807, 2.05) is 13.0 Å². The maximum absolute atomic E-state index is 10.3. The Hall–Kier alpha value is -0.480. The molecular weight excluding hydrogens is 295 g/mol. The molecule has 0 bridgehead atoms. The van der Waals surface area contributed by atoms with Crippen molar-refractivity contribution in [3.8, 4) is 5.75 Å². The van der Waals surface area contributed by atoms with Gasteiger partial charge < -0.3 is 10.4 Å². The average Bonchev–Trinajstić information content (AvgIpc) is 3.21. The van der Waals surface area contributed by atoms with Gasteiger partial charge in [-0.15, -0.1) is 24.8 Å². The Morgan fingerprint density at radius 1 is 1.20 bits per heavy atom. The molecule has 1 aromatic carbocycles. The van der Waals surface area contributed by atoms with Crippen molar-refractivity contribution in [2.75, 3.05) is 26.2 Å². The molecule has 0 aromatic heterocycles. The van der Waals surface area contributed by atoms with Crippen LogP contribution in [0.15, 0.2) is 18.2 Å². The van der Waals surface area contributed by atoms with Crippen molar-refractivity contribution in [3.05, 3.63) is 29.3 Å². The van der Waals surface area contributed by atoms with E-state index >= 15 is 0 Å². The molecule has 3 rings (SSSR count). The summed E-state index contributed by atoms with van der Waals surface area (Å²) >= 11 is 0. The van der Waals surface area contributed by atoms with E-state index < -0.39 is 0 Å². The van der Waals surface area contributed by atoms with Crippen LogP contribution in [0.2, 0.25) is 0 Å². The summed E-state index contributed by atoms with van der Waals surface area (Å²) in [5.41, 5.74) is 2.13. The largest absolute Gasteiger partial charge is 0.507 e. The van der Waals surface area contributed by atoms with Crippen LogP contribution in [0.4, 0.5) is 0 Å². The van der Waals surface area contributed by atoms with Gasteiger partial charge in [0.25, 0.3) is 0 Å². The van der Waals surface area contributed by atoms with Crippen LogP contribution in [0.25, 0.3) is 0 Å². The Morgan fingerprint density at radius 2 is 1.85 bits per heavy atom. The lowest BCUT2D eigenvalue weighted by molar-refractivity contribution is 0.153. The molecule has 1 heterocycles. The molecule has 20 heavy (non-hydrogen) atoms. The van der Waals surface area contributed by atoms with Crippen LogP contribution in [-0.4, -0.2) is 36.2 Å². The first-order chi connectivity index (χ1) is 8.77. The van der Waals surface area contributed by atoms with Gasteiger partial charge in [-0.2, -0.15) is 0 Å². The van der Waals surface area contributed by atoms with Gasteiger partial charge in [-0.1, -0.05) is 18.2 Å². The average molecular weight is 319 g/mol. The zero-order valence-electron chi connectivity index (χ0n) is 11.8. The van der Waals surface area contributed by atoms with Gasteiger partial charge in [-0.3, -0.25) is 4.90 Å². The molecule has 1 atom stereocenters. The van der Waals surface area contributed by atoms with Crippen molar-refractivity contribution in [2.45, 2.75) is 25.8 Å². The number of benzene rings is 1. The van der Waals surface area contributed by atoms with E-state index in [0.29, 0.717) is 11.8 Å². The summed E-state index contributed by atoms with van der Waals surface area (Å²) in [4.78, 5) is 2.54. The number of hydrogen-bond acceptors (Lipinski definition) is 3. The molecule has 1 saturated carbocycles. The van der Waals surface area contributed by atoms with Crippen molar-refractivity contribution in [3.63, 3.8) is 0 Å². The first-order valence-corrected chi connectivity index (χ1v) is 7.00. The van der Waals surface area contributed by atoms with Gasteiger partial charge in [0, 0.05) is 37.8 Å². The van der Waals surface area contributed by atoms with Crippen LogP contribution in [0, 0.1) is 12.8 Å². The summed E-state index contributed by atoms with van der Waals surface area (Å²) in [6, 6.07) is 6.59. The third-order valence-electron chi connectivity index (χ3n) is 4.20.